The molecule has 1 heterocycles. The fourth-order valence-corrected chi connectivity index (χ4v) is 2.10. The van der Waals surface area contributed by atoms with Gasteiger partial charge in [0.2, 0.25) is 0 Å². The molecule has 0 bridgehead atoms. The third kappa shape index (κ3) is 5.02. The first-order valence-electron chi connectivity index (χ1n) is 6.65. The highest BCUT2D eigenvalue weighted by Crippen LogP contribution is 2.31. The number of hydrogen-bond donors (Lipinski definition) is 2. The number of nitrogen functional groups attached to an aromatic ring is 1. The maximum Gasteiger partial charge on any atom is 0.416 e. The molecule has 0 saturated carbocycles. The van der Waals surface area contributed by atoms with Gasteiger partial charge in [-0.15, -0.1) is 0 Å². The lowest BCUT2D eigenvalue weighted by Crippen LogP contribution is -2.19. The summed E-state index contributed by atoms with van der Waals surface area (Å²) in [5, 5.41) is 2.75. The molecule has 1 aromatic rings. The Hall–Kier alpha value is -1.27. The van der Waals surface area contributed by atoms with Crippen molar-refractivity contribution in [3.05, 3.63) is 29.3 Å². The highest BCUT2D eigenvalue weighted by atomic mass is 19.4. The Morgan fingerprint density at radius 2 is 1.75 bits per heavy atom. The van der Waals surface area contributed by atoms with E-state index >= 15 is 0 Å². The Balaban J connectivity index is 0.000000612. The molecule has 1 aliphatic rings. The summed E-state index contributed by atoms with van der Waals surface area (Å²) in [5.41, 5.74) is 6.00. The molecule has 0 atom stereocenters. The van der Waals surface area contributed by atoms with E-state index in [2.05, 4.69) is 10.2 Å². The van der Waals surface area contributed by atoms with Crippen LogP contribution in [0.1, 0.15) is 24.0 Å². The molecule has 20 heavy (non-hydrogen) atoms. The van der Waals surface area contributed by atoms with E-state index in [4.69, 9.17) is 5.73 Å². The fourth-order valence-electron chi connectivity index (χ4n) is 2.10. The topological polar surface area (TPSA) is 41.3 Å². The normalized spacial score (nSPS) is 15.8. The molecular formula is C14H22F3N3. The fraction of sp³-hybridized carbons (Fsp3) is 0.571. The number of benzene rings is 1. The number of likely N-dealkylation sites (tertiary alicyclic amines) is 1. The van der Waals surface area contributed by atoms with Crippen LogP contribution in [0.15, 0.2) is 18.2 Å². The van der Waals surface area contributed by atoms with Crippen LogP contribution in [0.4, 0.5) is 18.9 Å². The Bertz CT molecular complexity index is 413. The average molecular weight is 289 g/mol. The van der Waals surface area contributed by atoms with Gasteiger partial charge in [0.1, 0.15) is 0 Å². The molecule has 1 aromatic carbocycles. The van der Waals surface area contributed by atoms with Crippen molar-refractivity contribution in [2.75, 3.05) is 32.9 Å². The van der Waals surface area contributed by atoms with Crippen LogP contribution < -0.4 is 11.1 Å². The Morgan fingerprint density at radius 1 is 1.20 bits per heavy atom. The molecule has 3 nitrogen and oxygen atoms in total. The summed E-state index contributed by atoms with van der Waals surface area (Å²) in [6.07, 6.45) is -2.01. The second kappa shape index (κ2) is 7.50. The van der Waals surface area contributed by atoms with Crippen LogP contribution in [-0.2, 0) is 12.7 Å². The van der Waals surface area contributed by atoms with E-state index < -0.39 is 11.7 Å². The third-order valence-electron chi connectivity index (χ3n) is 3.07. The summed E-state index contributed by atoms with van der Waals surface area (Å²) >= 11 is 0. The minimum absolute atomic E-state index is 0.228. The van der Waals surface area contributed by atoms with Crippen molar-refractivity contribution in [3.8, 4) is 0 Å². The molecule has 1 saturated heterocycles. The first-order chi connectivity index (χ1) is 9.38. The second-order valence-electron chi connectivity index (χ2n) is 4.89. The van der Waals surface area contributed by atoms with Gasteiger partial charge in [-0.25, -0.2) is 0 Å². The minimum Gasteiger partial charge on any atom is -0.398 e. The van der Waals surface area contributed by atoms with Crippen molar-refractivity contribution >= 4 is 5.69 Å². The number of nitrogens with one attached hydrogen (secondary N) is 1. The zero-order chi connectivity index (χ0) is 15.2. The molecule has 0 spiro atoms. The Labute approximate surface area is 117 Å². The first-order valence-corrected chi connectivity index (χ1v) is 6.65. The summed E-state index contributed by atoms with van der Waals surface area (Å²) in [6.45, 7) is 2.64. The molecule has 6 heteroatoms. The first kappa shape index (κ1) is 16.8. The summed E-state index contributed by atoms with van der Waals surface area (Å²) in [5.74, 6) is 0. The summed E-state index contributed by atoms with van der Waals surface area (Å²) in [4.78, 5) is 2.21. The van der Waals surface area contributed by atoms with Gasteiger partial charge in [0.05, 0.1) is 5.56 Å². The molecule has 0 amide bonds. The van der Waals surface area contributed by atoms with E-state index in [1.54, 1.807) is 0 Å². The standard InChI is InChI=1S/C12H15F3N2.C2H7N/c13-12(14,15)10-4-3-9(11(16)7-10)8-17-5-1-2-6-17;1-3-2/h3-4,7H,1-2,5-6,8,16H2;3H,1-2H3. The van der Waals surface area contributed by atoms with Crippen LogP contribution in [-0.4, -0.2) is 32.1 Å². The van der Waals surface area contributed by atoms with Gasteiger partial charge in [-0.2, -0.15) is 13.2 Å². The van der Waals surface area contributed by atoms with Crippen molar-refractivity contribution in [2.45, 2.75) is 25.6 Å². The number of nitrogens with zero attached hydrogens (tertiary/aromatic N) is 1. The molecule has 1 aliphatic heterocycles. The van der Waals surface area contributed by atoms with E-state index in [9.17, 15) is 13.2 Å². The predicted molar refractivity (Wildman–Crippen MR) is 75.4 cm³/mol. The maximum atomic E-state index is 12.4. The number of nitrogens with two attached hydrogens (primary N) is 1. The van der Waals surface area contributed by atoms with Crippen molar-refractivity contribution < 1.29 is 13.2 Å². The van der Waals surface area contributed by atoms with Crippen LogP contribution in [0.25, 0.3) is 0 Å². The highest BCUT2D eigenvalue weighted by Gasteiger charge is 2.30. The Morgan fingerprint density at radius 3 is 2.20 bits per heavy atom. The molecule has 0 unspecified atom stereocenters. The molecular weight excluding hydrogens is 267 g/mol. The van der Waals surface area contributed by atoms with E-state index in [1.165, 1.54) is 6.07 Å². The van der Waals surface area contributed by atoms with Gasteiger partial charge in [0.25, 0.3) is 0 Å². The van der Waals surface area contributed by atoms with E-state index in [-0.39, 0.29) is 5.69 Å². The van der Waals surface area contributed by atoms with Crippen LogP contribution in [0.2, 0.25) is 0 Å². The number of anilines is 1. The van der Waals surface area contributed by atoms with Gasteiger partial charge in [-0.1, -0.05) is 6.07 Å². The minimum atomic E-state index is -4.32. The number of rotatable bonds is 2. The summed E-state index contributed by atoms with van der Waals surface area (Å²) < 4.78 is 37.3. The van der Waals surface area contributed by atoms with Crippen LogP contribution in [0, 0.1) is 0 Å². The number of halogens is 3. The predicted octanol–water partition coefficient (Wildman–Crippen LogP) is 2.72. The lowest BCUT2D eigenvalue weighted by molar-refractivity contribution is -0.137. The van der Waals surface area contributed by atoms with Gasteiger partial charge < -0.3 is 11.1 Å². The van der Waals surface area contributed by atoms with E-state index in [1.807, 2.05) is 14.1 Å². The summed E-state index contributed by atoms with van der Waals surface area (Å²) in [7, 11) is 3.75. The second-order valence-corrected chi connectivity index (χ2v) is 4.89. The lowest BCUT2D eigenvalue weighted by atomic mass is 10.1. The van der Waals surface area contributed by atoms with Gasteiger partial charge >= 0.3 is 6.18 Å². The Kier molecular flexibility index (Phi) is 6.29. The zero-order valence-electron chi connectivity index (χ0n) is 11.9. The monoisotopic (exact) mass is 289 g/mol. The molecule has 3 N–H and O–H groups in total. The van der Waals surface area contributed by atoms with Crippen LogP contribution in [0.5, 0.6) is 0 Å². The molecule has 0 aromatic heterocycles. The van der Waals surface area contributed by atoms with Gasteiger partial charge in [0, 0.05) is 12.2 Å². The number of hydrogen-bond acceptors (Lipinski definition) is 3. The largest absolute Gasteiger partial charge is 0.416 e. The van der Waals surface area contributed by atoms with Crippen molar-refractivity contribution in [3.63, 3.8) is 0 Å². The van der Waals surface area contributed by atoms with Gasteiger partial charge in [-0.05, 0) is 57.7 Å². The van der Waals surface area contributed by atoms with E-state index in [0.717, 1.165) is 43.6 Å². The number of alkyl halides is 3. The maximum absolute atomic E-state index is 12.4. The molecule has 114 valence electrons. The third-order valence-corrected chi connectivity index (χ3v) is 3.07. The van der Waals surface area contributed by atoms with Crippen molar-refractivity contribution in [1.29, 1.82) is 0 Å². The smallest absolute Gasteiger partial charge is 0.398 e. The zero-order valence-corrected chi connectivity index (χ0v) is 11.9. The molecule has 2 rings (SSSR count). The highest BCUT2D eigenvalue weighted by molar-refractivity contribution is 5.49. The quantitative estimate of drug-likeness (QED) is 0.823. The SMILES string of the molecule is CNC.Nc1cc(C(F)(F)F)ccc1CN1CCCC1. The lowest BCUT2D eigenvalue weighted by Gasteiger charge is -2.17. The van der Waals surface area contributed by atoms with Crippen LogP contribution >= 0.6 is 0 Å². The van der Waals surface area contributed by atoms with Crippen molar-refractivity contribution in [1.82, 2.24) is 10.2 Å². The molecule has 1 fully saturated rings. The van der Waals surface area contributed by atoms with Crippen molar-refractivity contribution in [2.24, 2.45) is 0 Å². The van der Waals surface area contributed by atoms with E-state index in [0.29, 0.717) is 6.54 Å². The molecule has 0 radical (unpaired) electrons. The van der Waals surface area contributed by atoms with Gasteiger partial charge in [0.15, 0.2) is 0 Å². The summed E-state index contributed by atoms with van der Waals surface area (Å²) in [6, 6.07) is 3.60. The van der Waals surface area contributed by atoms with Gasteiger partial charge in [-0.3, -0.25) is 4.90 Å². The molecule has 0 aliphatic carbocycles. The average Bonchev–Trinajstić information content (AvgIpc) is 2.84. The van der Waals surface area contributed by atoms with Crippen LogP contribution in [0.3, 0.4) is 0 Å².